The zero-order valence-corrected chi connectivity index (χ0v) is 12.9. The Balaban J connectivity index is 1.79. The van der Waals surface area contributed by atoms with Gasteiger partial charge in [-0.05, 0) is 49.3 Å². The van der Waals surface area contributed by atoms with Crippen molar-refractivity contribution in [3.05, 3.63) is 34.3 Å². The summed E-state index contributed by atoms with van der Waals surface area (Å²) in [6, 6.07) is 8.26. The lowest BCUT2D eigenvalue weighted by Gasteiger charge is -2.33. The van der Waals surface area contributed by atoms with Gasteiger partial charge in [-0.25, -0.2) is 0 Å². The molecule has 102 valence electrons. The first kappa shape index (κ1) is 13.2. The van der Waals surface area contributed by atoms with E-state index in [0.29, 0.717) is 5.91 Å². The van der Waals surface area contributed by atoms with Gasteiger partial charge < -0.3 is 4.90 Å². The number of nitrogens with zero attached hydrogens (tertiary/aromatic N) is 1. The molecule has 0 spiro atoms. The van der Waals surface area contributed by atoms with E-state index >= 15 is 0 Å². The molecule has 2 fully saturated rings. The van der Waals surface area contributed by atoms with Gasteiger partial charge in [0.1, 0.15) is 0 Å². The molecule has 1 amide bonds. The smallest absolute Gasteiger partial charge is 0.233 e. The standard InChI is InChI=1S/C16H20BrNO/c1-12-5-9-18(10-6-12)15(19)16(7-8-16)13-3-2-4-14(17)11-13/h2-4,11-12H,5-10H2,1H3. The predicted molar refractivity (Wildman–Crippen MR) is 80.0 cm³/mol. The lowest BCUT2D eigenvalue weighted by Crippen LogP contribution is -2.43. The fourth-order valence-electron chi connectivity index (χ4n) is 3.05. The Bertz CT molecular complexity index is 487. The molecule has 1 saturated heterocycles. The number of likely N-dealkylation sites (tertiary alicyclic amines) is 1. The number of amides is 1. The van der Waals surface area contributed by atoms with Gasteiger partial charge >= 0.3 is 0 Å². The van der Waals surface area contributed by atoms with Gasteiger partial charge in [-0.2, -0.15) is 0 Å². The zero-order valence-electron chi connectivity index (χ0n) is 11.4. The van der Waals surface area contributed by atoms with Crippen LogP contribution in [0.4, 0.5) is 0 Å². The first-order valence-electron chi connectivity index (χ1n) is 7.17. The van der Waals surface area contributed by atoms with E-state index in [1.54, 1.807) is 0 Å². The third-order valence-electron chi connectivity index (χ3n) is 4.61. The average molecular weight is 322 g/mol. The Kier molecular flexibility index (Phi) is 3.42. The topological polar surface area (TPSA) is 20.3 Å². The van der Waals surface area contributed by atoms with Gasteiger partial charge in [0.25, 0.3) is 0 Å². The second-order valence-corrected chi connectivity index (χ2v) is 6.98. The zero-order chi connectivity index (χ0) is 13.5. The minimum atomic E-state index is -0.204. The summed E-state index contributed by atoms with van der Waals surface area (Å²) in [5.41, 5.74) is 0.982. The molecule has 1 aromatic carbocycles. The van der Waals surface area contributed by atoms with Gasteiger partial charge in [-0.3, -0.25) is 4.79 Å². The molecule has 1 heterocycles. The van der Waals surface area contributed by atoms with Crippen molar-refractivity contribution in [3.63, 3.8) is 0 Å². The summed E-state index contributed by atoms with van der Waals surface area (Å²) in [7, 11) is 0. The van der Waals surface area contributed by atoms with E-state index < -0.39 is 0 Å². The van der Waals surface area contributed by atoms with Gasteiger partial charge in [0, 0.05) is 17.6 Å². The van der Waals surface area contributed by atoms with Gasteiger partial charge in [0.2, 0.25) is 5.91 Å². The van der Waals surface area contributed by atoms with Gasteiger partial charge in [-0.15, -0.1) is 0 Å². The molecule has 2 aliphatic rings. The quantitative estimate of drug-likeness (QED) is 0.812. The van der Waals surface area contributed by atoms with Gasteiger partial charge in [0.05, 0.1) is 5.41 Å². The van der Waals surface area contributed by atoms with Crippen molar-refractivity contribution in [2.45, 2.75) is 38.0 Å². The molecule has 19 heavy (non-hydrogen) atoms. The van der Waals surface area contributed by atoms with Crippen LogP contribution in [0.3, 0.4) is 0 Å². The molecular formula is C16H20BrNO. The lowest BCUT2D eigenvalue weighted by molar-refractivity contribution is -0.135. The highest BCUT2D eigenvalue weighted by Crippen LogP contribution is 2.50. The second kappa shape index (κ2) is 4.93. The maximum atomic E-state index is 12.8. The third-order valence-corrected chi connectivity index (χ3v) is 5.10. The highest BCUT2D eigenvalue weighted by atomic mass is 79.9. The number of hydrogen-bond donors (Lipinski definition) is 0. The Labute approximate surface area is 123 Å². The molecule has 1 saturated carbocycles. The molecule has 3 rings (SSSR count). The molecule has 2 nitrogen and oxygen atoms in total. The van der Waals surface area contributed by atoms with Crippen LogP contribution in [-0.2, 0) is 10.2 Å². The van der Waals surface area contributed by atoms with Crippen LogP contribution in [0.2, 0.25) is 0 Å². The van der Waals surface area contributed by atoms with Crippen molar-refractivity contribution >= 4 is 21.8 Å². The average Bonchev–Trinajstić information content (AvgIpc) is 3.20. The highest BCUT2D eigenvalue weighted by molar-refractivity contribution is 9.10. The molecule has 0 bridgehead atoms. The Morgan fingerprint density at radius 3 is 2.58 bits per heavy atom. The van der Waals surface area contributed by atoms with Crippen LogP contribution in [0.25, 0.3) is 0 Å². The molecule has 3 heteroatoms. The maximum absolute atomic E-state index is 12.8. The van der Waals surface area contributed by atoms with Crippen LogP contribution < -0.4 is 0 Å². The van der Waals surface area contributed by atoms with E-state index in [0.717, 1.165) is 49.2 Å². The molecule has 0 radical (unpaired) electrons. The maximum Gasteiger partial charge on any atom is 0.233 e. The SMILES string of the molecule is CC1CCN(C(=O)C2(c3cccc(Br)c3)CC2)CC1. The normalized spacial score (nSPS) is 22.3. The fraction of sp³-hybridized carbons (Fsp3) is 0.562. The van der Waals surface area contributed by atoms with Gasteiger partial charge in [-0.1, -0.05) is 35.0 Å². The fourth-order valence-corrected chi connectivity index (χ4v) is 3.45. The Morgan fingerprint density at radius 1 is 1.32 bits per heavy atom. The number of halogens is 1. The summed E-state index contributed by atoms with van der Waals surface area (Å²) in [4.78, 5) is 14.9. The largest absolute Gasteiger partial charge is 0.342 e. The van der Waals surface area contributed by atoms with Crippen molar-refractivity contribution in [1.82, 2.24) is 4.90 Å². The highest BCUT2D eigenvalue weighted by Gasteiger charge is 2.53. The molecule has 0 aromatic heterocycles. The van der Waals surface area contributed by atoms with E-state index in [4.69, 9.17) is 0 Å². The van der Waals surface area contributed by atoms with Crippen molar-refractivity contribution in [2.75, 3.05) is 13.1 Å². The Hall–Kier alpha value is -0.830. The molecule has 0 atom stereocenters. The Morgan fingerprint density at radius 2 is 2.00 bits per heavy atom. The first-order valence-corrected chi connectivity index (χ1v) is 7.96. The number of carbonyl (C=O) groups is 1. The second-order valence-electron chi connectivity index (χ2n) is 6.07. The predicted octanol–water partition coefficient (Wildman–Crippen LogP) is 3.74. The van der Waals surface area contributed by atoms with Crippen molar-refractivity contribution in [3.8, 4) is 0 Å². The summed E-state index contributed by atoms with van der Waals surface area (Å²) >= 11 is 3.51. The van der Waals surface area contributed by atoms with E-state index in [2.05, 4.69) is 39.9 Å². The van der Waals surface area contributed by atoms with E-state index in [-0.39, 0.29) is 5.41 Å². The molecule has 1 aromatic rings. The number of piperidine rings is 1. The minimum absolute atomic E-state index is 0.204. The van der Waals surface area contributed by atoms with Crippen molar-refractivity contribution < 1.29 is 4.79 Å². The molecule has 1 aliphatic heterocycles. The first-order chi connectivity index (χ1) is 9.12. The van der Waals surface area contributed by atoms with Crippen LogP contribution >= 0.6 is 15.9 Å². The lowest BCUT2D eigenvalue weighted by atomic mass is 9.92. The van der Waals surface area contributed by atoms with Crippen LogP contribution in [-0.4, -0.2) is 23.9 Å². The summed E-state index contributed by atoms with van der Waals surface area (Å²) in [5.74, 6) is 1.13. The molecular weight excluding hydrogens is 302 g/mol. The van der Waals surface area contributed by atoms with E-state index in [9.17, 15) is 4.79 Å². The van der Waals surface area contributed by atoms with E-state index in [1.807, 2.05) is 12.1 Å². The summed E-state index contributed by atoms with van der Waals surface area (Å²) < 4.78 is 1.07. The number of rotatable bonds is 2. The number of carbonyl (C=O) groups excluding carboxylic acids is 1. The number of benzene rings is 1. The van der Waals surface area contributed by atoms with Crippen LogP contribution in [0.1, 0.15) is 38.2 Å². The minimum Gasteiger partial charge on any atom is -0.342 e. The van der Waals surface area contributed by atoms with E-state index in [1.165, 1.54) is 5.56 Å². The molecule has 1 aliphatic carbocycles. The monoisotopic (exact) mass is 321 g/mol. The van der Waals surface area contributed by atoms with Crippen LogP contribution in [0.5, 0.6) is 0 Å². The van der Waals surface area contributed by atoms with Crippen molar-refractivity contribution in [1.29, 1.82) is 0 Å². The summed E-state index contributed by atoms with van der Waals surface area (Å²) in [6.07, 6.45) is 4.32. The molecule has 0 N–H and O–H groups in total. The van der Waals surface area contributed by atoms with Crippen LogP contribution in [0.15, 0.2) is 28.7 Å². The van der Waals surface area contributed by atoms with Crippen molar-refractivity contribution in [2.24, 2.45) is 5.92 Å². The summed E-state index contributed by atoms with van der Waals surface area (Å²) in [6.45, 7) is 4.16. The third kappa shape index (κ3) is 2.45. The van der Waals surface area contributed by atoms with Gasteiger partial charge in [0.15, 0.2) is 0 Å². The number of hydrogen-bond acceptors (Lipinski definition) is 1. The van der Waals surface area contributed by atoms with Crippen LogP contribution in [0, 0.1) is 5.92 Å². The molecule has 0 unspecified atom stereocenters. The summed E-state index contributed by atoms with van der Waals surface area (Å²) in [5, 5.41) is 0.